The van der Waals surface area contributed by atoms with Gasteiger partial charge in [-0.25, -0.2) is 9.59 Å². The van der Waals surface area contributed by atoms with Gasteiger partial charge in [0.05, 0.1) is 30.9 Å². The molecule has 7 nitrogen and oxygen atoms in total. The Bertz CT molecular complexity index is 1100. The number of para-hydroxylation sites is 2. The molecule has 1 N–H and O–H groups in total. The summed E-state index contributed by atoms with van der Waals surface area (Å²) < 4.78 is 18.2. The maximum absolute atomic E-state index is 12.1. The summed E-state index contributed by atoms with van der Waals surface area (Å²) in [6.07, 6.45) is 4.52. The van der Waals surface area contributed by atoms with Gasteiger partial charge in [0, 0.05) is 12.6 Å². The highest BCUT2D eigenvalue weighted by molar-refractivity contribution is 5.87. The first-order chi connectivity index (χ1) is 15.1. The number of hydrogen-bond donors (Lipinski definition) is 1. The van der Waals surface area contributed by atoms with Gasteiger partial charge in [0.1, 0.15) is 0 Å². The van der Waals surface area contributed by atoms with E-state index in [1.807, 2.05) is 56.3 Å². The van der Waals surface area contributed by atoms with Gasteiger partial charge in [0.2, 0.25) is 0 Å². The topological polar surface area (TPSA) is 82.5 Å². The molecule has 0 bridgehead atoms. The highest BCUT2D eigenvalue weighted by atomic mass is 16.5. The average Bonchev–Trinajstić information content (AvgIpc) is 3.10. The van der Waals surface area contributed by atoms with Gasteiger partial charge >= 0.3 is 11.7 Å². The molecule has 0 aliphatic heterocycles. The number of hydrogen-bond acceptors (Lipinski definition) is 5. The van der Waals surface area contributed by atoms with Crippen molar-refractivity contribution in [1.29, 1.82) is 0 Å². The average molecular weight is 424 g/mol. The molecule has 31 heavy (non-hydrogen) atoms. The number of nitrogens with one attached hydrogen (secondary N) is 1. The van der Waals surface area contributed by atoms with Gasteiger partial charge in [-0.3, -0.25) is 4.57 Å². The van der Waals surface area contributed by atoms with Crippen molar-refractivity contribution >= 4 is 23.1 Å². The molecule has 0 aliphatic carbocycles. The third-order valence-electron chi connectivity index (χ3n) is 4.59. The number of nitrogens with zero attached hydrogens (tertiary/aromatic N) is 1. The lowest BCUT2D eigenvalue weighted by Crippen LogP contribution is -2.18. The molecule has 1 heterocycles. The van der Waals surface area contributed by atoms with Crippen LogP contribution in [0.15, 0.2) is 53.3 Å². The van der Waals surface area contributed by atoms with E-state index in [0.29, 0.717) is 37.7 Å². The van der Waals surface area contributed by atoms with E-state index in [0.717, 1.165) is 23.0 Å². The lowest BCUT2D eigenvalue weighted by Gasteiger charge is -2.12. The Hall–Kier alpha value is -3.48. The maximum atomic E-state index is 12.1. The van der Waals surface area contributed by atoms with Gasteiger partial charge in [0.25, 0.3) is 0 Å². The lowest BCUT2D eigenvalue weighted by molar-refractivity contribution is -0.137. The molecule has 0 radical (unpaired) electrons. The standard InChI is InChI=1S/C24H28N2O5/c1-3-15-30-21-12-10-18(17-22(21)29-4-2)11-13-23(27)31-16-7-14-26-20-9-6-5-8-19(20)25-24(26)28/h5-6,8-13,17H,3-4,7,14-16H2,1-2H3,(H,25,28)/b13-11+. The van der Waals surface area contributed by atoms with Crippen LogP contribution in [0.2, 0.25) is 0 Å². The normalized spacial score (nSPS) is 11.2. The molecule has 0 spiro atoms. The second-order valence-corrected chi connectivity index (χ2v) is 6.94. The van der Waals surface area contributed by atoms with Crippen LogP contribution >= 0.6 is 0 Å². The number of ether oxygens (including phenoxy) is 3. The summed E-state index contributed by atoms with van der Waals surface area (Å²) in [5, 5.41) is 0. The number of carbonyl (C=O) groups is 1. The van der Waals surface area contributed by atoms with Crippen molar-refractivity contribution in [3.05, 3.63) is 64.6 Å². The molecule has 7 heteroatoms. The van der Waals surface area contributed by atoms with Crippen LogP contribution in [-0.2, 0) is 16.1 Å². The van der Waals surface area contributed by atoms with Crippen LogP contribution in [0.1, 0.15) is 32.3 Å². The van der Waals surface area contributed by atoms with Crippen molar-refractivity contribution in [3.8, 4) is 11.5 Å². The lowest BCUT2D eigenvalue weighted by atomic mass is 10.2. The van der Waals surface area contributed by atoms with E-state index in [1.54, 1.807) is 10.6 Å². The smallest absolute Gasteiger partial charge is 0.330 e. The second-order valence-electron chi connectivity index (χ2n) is 6.94. The number of rotatable bonds is 11. The molecular formula is C24H28N2O5. The van der Waals surface area contributed by atoms with E-state index in [1.165, 1.54) is 6.08 Å². The molecule has 0 amide bonds. The van der Waals surface area contributed by atoms with E-state index < -0.39 is 5.97 Å². The predicted octanol–water partition coefficient (Wildman–Crippen LogP) is 4.16. The van der Waals surface area contributed by atoms with E-state index in [-0.39, 0.29) is 12.3 Å². The van der Waals surface area contributed by atoms with Crippen molar-refractivity contribution in [2.45, 2.75) is 33.2 Å². The fraction of sp³-hybridized carbons (Fsp3) is 0.333. The fourth-order valence-electron chi connectivity index (χ4n) is 3.16. The zero-order valence-electron chi connectivity index (χ0n) is 17.9. The number of imidazole rings is 1. The van der Waals surface area contributed by atoms with Crippen LogP contribution in [0, 0.1) is 0 Å². The molecule has 164 valence electrons. The van der Waals surface area contributed by atoms with E-state index in [4.69, 9.17) is 14.2 Å². The first-order valence-electron chi connectivity index (χ1n) is 10.5. The number of carbonyl (C=O) groups excluding carboxylic acids is 1. The monoisotopic (exact) mass is 424 g/mol. The number of fused-ring (bicyclic) bond motifs is 1. The molecule has 0 unspecified atom stereocenters. The van der Waals surface area contributed by atoms with Crippen LogP contribution < -0.4 is 15.2 Å². The fourth-order valence-corrected chi connectivity index (χ4v) is 3.16. The largest absolute Gasteiger partial charge is 0.490 e. The minimum atomic E-state index is -0.435. The van der Waals surface area contributed by atoms with Crippen molar-refractivity contribution in [3.63, 3.8) is 0 Å². The molecule has 2 aromatic carbocycles. The van der Waals surface area contributed by atoms with Gasteiger partial charge in [-0.2, -0.15) is 0 Å². The van der Waals surface area contributed by atoms with Crippen molar-refractivity contribution in [2.24, 2.45) is 0 Å². The Morgan fingerprint density at radius 3 is 2.71 bits per heavy atom. The number of aryl methyl sites for hydroxylation is 1. The SMILES string of the molecule is CCCOc1ccc(/C=C/C(=O)OCCCn2c(=O)[nH]c3ccccc32)cc1OCC. The van der Waals surface area contributed by atoms with Crippen LogP contribution in [0.5, 0.6) is 11.5 Å². The summed E-state index contributed by atoms with van der Waals surface area (Å²) in [7, 11) is 0. The van der Waals surface area contributed by atoms with Gasteiger partial charge in [-0.05, 0) is 55.7 Å². The highest BCUT2D eigenvalue weighted by Crippen LogP contribution is 2.29. The second kappa shape index (κ2) is 11.1. The van der Waals surface area contributed by atoms with E-state index >= 15 is 0 Å². The highest BCUT2D eigenvalue weighted by Gasteiger charge is 2.07. The zero-order chi connectivity index (χ0) is 22.1. The first-order valence-corrected chi connectivity index (χ1v) is 10.5. The van der Waals surface area contributed by atoms with Crippen LogP contribution in [0.4, 0.5) is 0 Å². The van der Waals surface area contributed by atoms with Gasteiger partial charge in [-0.1, -0.05) is 25.1 Å². The number of benzene rings is 2. The Kier molecular flexibility index (Phi) is 7.92. The Labute approximate surface area is 181 Å². The summed E-state index contributed by atoms with van der Waals surface area (Å²) in [4.78, 5) is 26.9. The van der Waals surface area contributed by atoms with Crippen LogP contribution in [0.3, 0.4) is 0 Å². The van der Waals surface area contributed by atoms with Crippen molar-refractivity contribution in [1.82, 2.24) is 9.55 Å². The number of esters is 1. The molecule has 3 aromatic rings. The number of H-pyrrole nitrogens is 1. The summed E-state index contributed by atoms with van der Waals surface area (Å²) in [6, 6.07) is 13.0. The Morgan fingerprint density at radius 2 is 1.90 bits per heavy atom. The molecular weight excluding hydrogens is 396 g/mol. The third kappa shape index (κ3) is 6.01. The predicted molar refractivity (Wildman–Crippen MR) is 121 cm³/mol. The quantitative estimate of drug-likeness (QED) is 0.284. The van der Waals surface area contributed by atoms with Crippen LogP contribution in [-0.4, -0.2) is 35.3 Å². The van der Waals surface area contributed by atoms with Gasteiger partial charge in [-0.15, -0.1) is 0 Å². The number of aromatic amines is 1. The van der Waals surface area contributed by atoms with Crippen molar-refractivity contribution in [2.75, 3.05) is 19.8 Å². The zero-order valence-corrected chi connectivity index (χ0v) is 17.9. The van der Waals surface area contributed by atoms with Crippen LogP contribution in [0.25, 0.3) is 17.1 Å². The van der Waals surface area contributed by atoms with E-state index in [2.05, 4.69) is 4.98 Å². The summed E-state index contributed by atoms with van der Waals surface area (Å²) in [5.74, 6) is 0.905. The van der Waals surface area contributed by atoms with E-state index in [9.17, 15) is 9.59 Å². The molecule has 0 fully saturated rings. The molecule has 0 saturated heterocycles. The summed E-state index contributed by atoms with van der Waals surface area (Å²) >= 11 is 0. The first kappa shape index (κ1) is 22.2. The molecule has 1 aromatic heterocycles. The van der Waals surface area contributed by atoms with Gasteiger partial charge < -0.3 is 19.2 Å². The molecule has 3 rings (SSSR count). The van der Waals surface area contributed by atoms with Crippen molar-refractivity contribution < 1.29 is 19.0 Å². The molecule has 0 atom stereocenters. The minimum absolute atomic E-state index is 0.163. The summed E-state index contributed by atoms with van der Waals surface area (Å²) in [5.41, 5.74) is 2.29. The van der Waals surface area contributed by atoms with Gasteiger partial charge in [0.15, 0.2) is 11.5 Å². The summed E-state index contributed by atoms with van der Waals surface area (Å²) in [6.45, 7) is 5.79. The molecule has 0 saturated carbocycles. The minimum Gasteiger partial charge on any atom is -0.490 e. The Balaban J connectivity index is 1.51. The maximum Gasteiger partial charge on any atom is 0.330 e. The third-order valence-corrected chi connectivity index (χ3v) is 4.59. The Morgan fingerprint density at radius 1 is 1.06 bits per heavy atom. The molecule has 0 aliphatic rings. The number of aromatic nitrogens is 2.